The predicted octanol–water partition coefficient (Wildman–Crippen LogP) is 3.85. The number of nitrogens with zero attached hydrogens (tertiary/aromatic N) is 3. The van der Waals surface area contributed by atoms with E-state index in [0.717, 1.165) is 16.3 Å². The third-order valence-electron chi connectivity index (χ3n) is 4.28. The first-order valence-electron chi connectivity index (χ1n) is 9.29. The molecule has 0 saturated heterocycles. The van der Waals surface area contributed by atoms with Crippen molar-refractivity contribution in [2.24, 2.45) is 4.99 Å². The molecule has 158 valence electrons. The summed E-state index contributed by atoms with van der Waals surface area (Å²) < 4.78 is 5.31. The van der Waals surface area contributed by atoms with Crippen LogP contribution in [0.4, 0.5) is 5.69 Å². The number of halogens is 1. The summed E-state index contributed by atoms with van der Waals surface area (Å²) in [6, 6.07) is 5.54. The Morgan fingerprint density at radius 2 is 2.21 bits per heavy atom. The highest BCUT2D eigenvalue weighted by molar-refractivity contribution is 7.09. The SMILES string of the molecule is CN=C(NCCC(=O)Nc1ccc(C)cc1Cl)N(C)Cc1csc(C(C)OC)n1. The number of aromatic nitrogens is 1. The van der Waals surface area contributed by atoms with E-state index in [-0.39, 0.29) is 12.0 Å². The molecule has 2 N–H and O–H groups in total. The number of carbonyl (C=O) groups excluding carboxylic acids is 1. The molecule has 2 rings (SSSR count). The van der Waals surface area contributed by atoms with Gasteiger partial charge in [0.05, 0.1) is 22.9 Å². The van der Waals surface area contributed by atoms with Gasteiger partial charge >= 0.3 is 0 Å². The number of hydrogen-bond donors (Lipinski definition) is 2. The number of amides is 1. The van der Waals surface area contributed by atoms with E-state index in [1.807, 2.05) is 49.4 Å². The Hall–Kier alpha value is -2.16. The van der Waals surface area contributed by atoms with Gasteiger partial charge in [-0.25, -0.2) is 4.98 Å². The van der Waals surface area contributed by atoms with Gasteiger partial charge in [-0.2, -0.15) is 0 Å². The van der Waals surface area contributed by atoms with Crippen molar-refractivity contribution >= 4 is 40.5 Å². The molecule has 0 bridgehead atoms. The molecule has 1 heterocycles. The zero-order chi connectivity index (χ0) is 21.4. The van der Waals surface area contributed by atoms with Crippen molar-refractivity contribution in [2.75, 3.05) is 33.1 Å². The quantitative estimate of drug-likeness (QED) is 0.484. The van der Waals surface area contributed by atoms with Crippen LogP contribution in [0.3, 0.4) is 0 Å². The molecule has 2 aromatic rings. The van der Waals surface area contributed by atoms with Crippen molar-refractivity contribution in [3.63, 3.8) is 0 Å². The van der Waals surface area contributed by atoms with Crippen molar-refractivity contribution in [1.29, 1.82) is 0 Å². The smallest absolute Gasteiger partial charge is 0.226 e. The molecule has 9 heteroatoms. The number of anilines is 1. The number of ether oxygens (including phenoxy) is 1. The zero-order valence-corrected chi connectivity index (χ0v) is 19.0. The van der Waals surface area contributed by atoms with Gasteiger partial charge in [-0.05, 0) is 31.5 Å². The Labute approximate surface area is 181 Å². The van der Waals surface area contributed by atoms with Crippen LogP contribution in [-0.4, -0.2) is 49.5 Å². The average Bonchev–Trinajstić information content (AvgIpc) is 3.15. The molecule has 1 aromatic carbocycles. The van der Waals surface area contributed by atoms with E-state index in [1.165, 1.54) is 0 Å². The minimum atomic E-state index is -0.112. The minimum Gasteiger partial charge on any atom is -0.375 e. The molecule has 0 radical (unpaired) electrons. The van der Waals surface area contributed by atoms with Gasteiger partial charge in [-0.15, -0.1) is 11.3 Å². The van der Waals surface area contributed by atoms with E-state index in [1.54, 1.807) is 25.5 Å². The molecule has 0 spiro atoms. The van der Waals surface area contributed by atoms with Crippen molar-refractivity contribution in [3.05, 3.63) is 44.9 Å². The van der Waals surface area contributed by atoms with Crippen molar-refractivity contribution in [3.8, 4) is 0 Å². The number of aryl methyl sites for hydroxylation is 1. The summed E-state index contributed by atoms with van der Waals surface area (Å²) in [5.41, 5.74) is 2.62. The normalized spacial score (nSPS) is 12.6. The third-order valence-corrected chi connectivity index (χ3v) is 5.64. The van der Waals surface area contributed by atoms with Crippen LogP contribution >= 0.6 is 22.9 Å². The monoisotopic (exact) mass is 437 g/mol. The lowest BCUT2D eigenvalue weighted by atomic mass is 10.2. The molecule has 0 saturated carbocycles. The summed E-state index contributed by atoms with van der Waals surface area (Å²) in [5.74, 6) is 0.583. The lowest BCUT2D eigenvalue weighted by molar-refractivity contribution is -0.116. The van der Waals surface area contributed by atoms with E-state index in [9.17, 15) is 4.79 Å². The van der Waals surface area contributed by atoms with Crippen LogP contribution in [-0.2, 0) is 16.1 Å². The number of methoxy groups -OCH3 is 1. The van der Waals surface area contributed by atoms with E-state index >= 15 is 0 Å². The van der Waals surface area contributed by atoms with Crippen LogP contribution in [0.15, 0.2) is 28.6 Å². The molecular weight excluding hydrogens is 410 g/mol. The number of guanidine groups is 1. The third kappa shape index (κ3) is 6.99. The first-order valence-corrected chi connectivity index (χ1v) is 10.5. The van der Waals surface area contributed by atoms with Gasteiger partial charge in [0.1, 0.15) is 11.1 Å². The molecule has 1 aromatic heterocycles. The van der Waals surface area contributed by atoms with Crippen molar-refractivity contribution in [1.82, 2.24) is 15.2 Å². The highest BCUT2D eigenvalue weighted by Crippen LogP contribution is 2.23. The lowest BCUT2D eigenvalue weighted by Gasteiger charge is -2.21. The molecular formula is C20H28ClN5O2S. The summed E-state index contributed by atoms with van der Waals surface area (Å²) in [6.07, 6.45) is 0.278. The van der Waals surface area contributed by atoms with Crippen molar-refractivity contribution < 1.29 is 9.53 Å². The maximum Gasteiger partial charge on any atom is 0.226 e. The first kappa shape index (κ1) is 23.1. The Bertz CT molecular complexity index is 855. The summed E-state index contributed by atoms with van der Waals surface area (Å²) in [6.45, 7) is 4.99. The summed E-state index contributed by atoms with van der Waals surface area (Å²) in [5, 5.41) is 9.54. The second kappa shape index (κ2) is 11.1. The maximum absolute atomic E-state index is 12.2. The Balaban J connectivity index is 1.81. The Kier molecular flexibility index (Phi) is 8.88. The number of benzene rings is 1. The highest BCUT2D eigenvalue weighted by Gasteiger charge is 2.13. The second-order valence-electron chi connectivity index (χ2n) is 6.67. The summed E-state index contributed by atoms with van der Waals surface area (Å²) in [7, 11) is 5.32. The molecule has 0 aliphatic carbocycles. The number of carbonyl (C=O) groups is 1. The van der Waals surface area contributed by atoms with Gasteiger partial charge in [-0.3, -0.25) is 9.79 Å². The van der Waals surface area contributed by atoms with Gasteiger partial charge in [0.25, 0.3) is 0 Å². The standard InChI is InChI=1S/C20H28ClN5O2S/c1-13-6-7-17(16(21)10-13)25-18(27)8-9-23-20(22-3)26(4)11-15-12-29-19(24-15)14(2)28-5/h6-7,10,12,14H,8-9,11H2,1-5H3,(H,22,23)(H,25,27). The van der Waals surface area contributed by atoms with Crippen LogP contribution in [0.25, 0.3) is 0 Å². The summed E-state index contributed by atoms with van der Waals surface area (Å²) >= 11 is 7.74. The van der Waals surface area contributed by atoms with Crippen LogP contribution in [0.1, 0.15) is 35.7 Å². The van der Waals surface area contributed by atoms with Crippen LogP contribution in [0.2, 0.25) is 5.02 Å². The average molecular weight is 438 g/mol. The van der Waals surface area contributed by atoms with Crippen molar-refractivity contribution in [2.45, 2.75) is 32.9 Å². The number of hydrogen-bond acceptors (Lipinski definition) is 5. The maximum atomic E-state index is 12.2. The molecule has 0 fully saturated rings. The number of thiazole rings is 1. The topological polar surface area (TPSA) is 78.9 Å². The van der Waals surface area contributed by atoms with Gasteiger partial charge in [0, 0.05) is 39.6 Å². The lowest BCUT2D eigenvalue weighted by Crippen LogP contribution is -2.39. The molecule has 1 amide bonds. The molecule has 1 unspecified atom stereocenters. The molecule has 0 aliphatic heterocycles. The van der Waals surface area contributed by atoms with Crippen LogP contribution in [0, 0.1) is 6.92 Å². The highest BCUT2D eigenvalue weighted by atomic mass is 35.5. The second-order valence-corrected chi connectivity index (χ2v) is 7.96. The largest absolute Gasteiger partial charge is 0.375 e. The van der Waals surface area contributed by atoms with E-state index in [4.69, 9.17) is 16.3 Å². The van der Waals surface area contributed by atoms with Gasteiger partial charge in [0.2, 0.25) is 5.91 Å². The molecule has 0 aliphatic rings. The molecule has 7 nitrogen and oxygen atoms in total. The fraction of sp³-hybridized carbons (Fsp3) is 0.450. The van der Waals surface area contributed by atoms with E-state index in [0.29, 0.717) is 36.2 Å². The fourth-order valence-electron chi connectivity index (χ4n) is 2.61. The van der Waals surface area contributed by atoms with E-state index < -0.39 is 0 Å². The zero-order valence-electron chi connectivity index (χ0n) is 17.5. The van der Waals surface area contributed by atoms with E-state index in [2.05, 4.69) is 20.6 Å². The Morgan fingerprint density at radius 1 is 1.45 bits per heavy atom. The predicted molar refractivity (Wildman–Crippen MR) is 120 cm³/mol. The van der Waals surface area contributed by atoms with Crippen LogP contribution in [0.5, 0.6) is 0 Å². The number of nitrogens with one attached hydrogen (secondary N) is 2. The Morgan fingerprint density at radius 3 is 2.86 bits per heavy atom. The minimum absolute atomic E-state index is 0.0166. The first-order chi connectivity index (χ1) is 13.8. The van der Waals surface area contributed by atoms with Gasteiger partial charge in [-0.1, -0.05) is 17.7 Å². The van der Waals surface area contributed by atoms with Crippen LogP contribution < -0.4 is 10.6 Å². The molecule has 29 heavy (non-hydrogen) atoms. The molecule has 1 atom stereocenters. The fourth-order valence-corrected chi connectivity index (χ4v) is 3.73. The van der Waals surface area contributed by atoms with Gasteiger partial charge < -0.3 is 20.3 Å². The van der Waals surface area contributed by atoms with Gasteiger partial charge in [0.15, 0.2) is 5.96 Å². The summed E-state index contributed by atoms with van der Waals surface area (Å²) in [4.78, 5) is 23.0. The number of aliphatic imine (C=N–C) groups is 1. The number of rotatable bonds is 8.